The number of benzene rings is 1. The number of amides is 2. The maximum Gasteiger partial charge on any atom is 0.247 e. The normalized spacial score (nSPS) is 16.9. The molecule has 1 heterocycles. The molecule has 1 aromatic rings. The van der Waals surface area contributed by atoms with Gasteiger partial charge in [0.05, 0.1) is 6.61 Å². The molecule has 1 aliphatic heterocycles. The standard InChI is InChI=1S/C24H36N2O3/c1-5-7-10-19(4)23(27)25-22(17-29-6-2)24(28)26-14-12-20(13-15-26)21-11-8-9-18(3)16-21/h5,8-9,11,16,19-20,22H,1,6-7,10,12-15,17H2,2-4H3,(H,25,27). The minimum atomic E-state index is -0.621. The number of allylic oxidation sites excluding steroid dienone is 1. The van der Waals surface area contributed by atoms with Crippen molar-refractivity contribution in [1.29, 1.82) is 0 Å². The Kier molecular flexibility index (Phi) is 9.39. The minimum Gasteiger partial charge on any atom is -0.379 e. The van der Waals surface area contributed by atoms with Crippen molar-refractivity contribution in [2.75, 3.05) is 26.3 Å². The molecular formula is C24H36N2O3. The van der Waals surface area contributed by atoms with Gasteiger partial charge in [0.1, 0.15) is 6.04 Å². The van der Waals surface area contributed by atoms with Gasteiger partial charge in [-0.1, -0.05) is 42.8 Å². The largest absolute Gasteiger partial charge is 0.379 e. The lowest BCUT2D eigenvalue weighted by Crippen LogP contribution is -2.53. The summed E-state index contributed by atoms with van der Waals surface area (Å²) in [6.07, 6.45) is 5.21. The van der Waals surface area contributed by atoms with Gasteiger partial charge >= 0.3 is 0 Å². The first-order valence-corrected chi connectivity index (χ1v) is 10.8. The molecule has 1 aliphatic rings. The monoisotopic (exact) mass is 400 g/mol. The molecule has 29 heavy (non-hydrogen) atoms. The van der Waals surface area contributed by atoms with E-state index in [2.05, 4.69) is 43.1 Å². The highest BCUT2D eigenvalue weighted by Gasteiger charge is 2.30. The van der Waals surface area contributed by atoms with E-state index >= 15 is 0 Å². The maximum absolute atomic E-state index is 13.1. The molecule has 1 N–H and O–H groups in total. The van der Waals surface area contributed by atoms with Crippen molar-refractivity contribution in [3.63, 3.8) is 0 Å². The van der Waals surface area contributed by atoms with Crippen LogP contribution in [0.5, 0.6) is 0 Å². The van der Waals surface area contributed by atoms with Crippen LogP contribution in [-0.4, -0.2) is 49.1 Å². The predicted octanol–water partition coefficient (Wildman–Crippen LogP) is 3.82. The van der Waals surface area contributed by atoms with E-state index in [1.165, 1.54) is 11.1 Å². The number of carbonyl (C=O) groups is 2. The highest BCUT2D eigenvalue weighted by molar-refractivity contribution is 5.88. The zero-order valence-corrected chi connectivity index (χ0v) is 18.2. The minimum absolute atomic E-state index is 0.0367. The molecular weight excluding hydrogens is 364 g/mol. The number of hydrogen-bond donors (Lipinski definition) is 1. The van der Waals surface area contributed by atoms with E-state index in [0.29, 0.717) is 25.6 Å². The Bertz CT molecular complexity index is 680. The Morgan fingerprint density at radius 1 is 1.34 bits per heavy atom. The quantitative estimate of drug-likeness (QED) is 0.608. The van der Waals surface area contributed by atoms with Crippen molar-refractivity contribution in [1.82, 2.24) is 10.2 Å². The number of carbonyl (C=O) groups excluding carboxylic acids is 2. The fraction of sp³-hybridized carbons (Fsp3) is 0.583. The van der Waals surface area contributed by atoms with Crippen molar-refractivity contribution < 1.29 is 14.3 Å². The number of likely N-dealkylation sites (tertiary alicyclic amines) is 1. The van der Waals surface area contributed by atoms with Crippen LogP contribution in [0.3, 0.4) is 0 Å². The number of ether oxygens (including phenoxy) is 1. The van der Waals surface area contributed by atoms with E-state index in [9.17, 15) is 9.59 Å². The van der Waals surface area contributed by atoms with E-state index in [1.807, 2.05) is 24.8 Å². The van der Waals surface area contributed by atoms with E-state index in [4.69, 9.17) is 4.74 Å². The van der Waals surface area contributed by atoms with Crippen LogP contribution in [0.25, 0.3) is 0 Å². The fourth-order valence-corrected chi connectivity index (χ4v) is 3.80. The van der Waals surface area contributed by atoms with Crippen molar-refractivity contribution in [2.45, 2.75) is 58.4 Å². The molecule has 160 valence electrons. The van der Waals surface area contributed by atoms with Crippen molar-refractivity contribution in [2.24, 2.45) is 5.92 Å². The van der Waals surface area contributed by atoms with Crippen LogP contribution in [0.4, 0.5) is 0 Å². The van der Waals surface area contributed by atoms with Gasteiger partial charge in [-0.3, -0.25) is 9.59 Å². The van der Waals surface area contributed by atoms with Crippen LogP contribution in [0.2, 0.25) is 0 Å². The summed E-state index contributed by atoms with van der Waals surface area (Å²) in [5.41, 5.74) is 2.62. The van der Waals surface area contributed by atoms with Crippen molar-refractivity contribution >= 4 is 11.8 Å². The fourth-order valence-electron chi connectivity index (χ4n) is 3.80. The smallest absolute Gasteiger partial charge is 0.247 e. The Morgan fingerprint density at radius 3 is 2.69 bits per heavy atom. The van der Waals surface area contributed by atoms with E-state index in [-0.39, 0.29) is 24.3 Å². The van der Waals surface area contributed by atoms with Gasteiger partial charge in [-0.2, -0.15) is 0 Å². The van der Waals surface area contributed by atoms with Gasteiger partial charge in [-0.05, 0) is 51.0 Å². The van der Waals surface area contributed by atoms with Crippen molar-refractivity contribution in [3.05, 3.63) is 48.0 Å². The van der Waals surface area contributed by atoms with Crippen LogP contribution in [0, 0.1) is 12.8 Å². The molecule has 2 rings (SSSR count). The third-order valence-corrected chi connectivity index (χ3v) is 5.67. The van der Waals surface area contributed by atoms with Gasteiger partial charge in [0.15, 0.2) is 0 Å². The molecule has 0 aromatic heterocycles. The number of rotatable bonds is 10. The zero-order valence-electron chi connectivity index (χ0n) is 18.2. The molecule has 0 bridgehead atoms. The summed E-state index contributed by atoms with van der Waals surface area (Å²) in [6, 6.07) is 8.01. The Hall–Kier alpha value is -2.14. The second-order valence-corrected chi connectivity index (χ2v) is 8.00. The first-order chi connectivity index (χ1) is 14.0. The zero-order chi connectivity index (χ0) is 21.2. The maximum atomic E-state index is 13.1. The van der Waals surface area contributed by atoms with Crippen LogP contribution < -0.4 is 5.32 Å². The van der Waals surface area contributed by atoms with Gasteiger partial charge in [-0.25, -0.2) is 0 Å². The average molecular weight is 401 g/mol. The molecule has 5 nitrogen and oxygen atoms in total. The SMILES string of the molecule is C=CCCC(C)C(=O)NC(COCC)C(=O)N1CCC(c2cccc(C)c2)CC1. The molecule has 1 saturated heterocycles. The van der Waals surface area contributed by atoms with Crippen LogP contribution in [0.1, 0.15) is 56.6 Å². The summed E-state index contributed by atoms with van der Waals surface area (Å²) >= 11 is 0. The van der Waals surface area contributed by atoms with Crippen LogP contribution >= 0.6 is 0 Å². The summed E-state index contributed by atoms with van der Waals surface area (Å²) in [6.45, 7) is 11.7. The lowest BCUT2D eigenvalue weighted by atomic mass is 9.88. The molecule has 2 amide bonds. The number of nitrogens with one attached hydrogen (secondary N) is 1. The Morgan fingerprint density at radius 2 is 2.07 bits per heavy atom. The number of aryl methyl sites for hydroxylation is 1. The van der Waals surface area contributed by atoms with Gasteiger partial charge in [0.2, 0.25) is 11.8 Å². The molecule has 0 radical (unpaired) electrons. The van der Waals surface area contributed by atoms with Gasteiger partial charge in [0.25, 0.3) is 0 Å². The average Bonchev–Trinajstić information content (AvgIpc) is 2.74. The third-order valence-electron chi connectivity index (χ3n) is 5.67. The van der Waals surface area contributed by atoms with Gasteiger partial charge in [0, 0.05) is 25.6 Å². The molecule has 5 heteroatoms. The first-order valence-electron chi connectivity index (χ1n) is 10.8. The van der Waals surface area contributed by atoms with Crippen LogP contribution in [0.15, 0.2) is 36.9 Å². The summed E-state index contributed by atoms with van der Waals surface area (Å²) in [5, 5.41) is 2.92. The molecule has 2 atom stereocenters. The van der Waals surface area contributed by atoms with Gasteiger partial charge in [-0.15, -0.1) is 6.58 Å². The van der Waals surface area contributed by atoms with E-state index < -0.39 is 6.04 Å². The summed E-state index contributed by atoms with van der Waals surface area (Å²) < 4.78 is 5.49. The lowest BCUT2D eigenvalue weighted by molar-refractivity contribution is -0.140. The second kappa shape index (κ2) is 11.8. The molecule has 2 unspecified atom stereocenters. The second-order valence-electron chi connectivity index (χ2n) is 8.00. The topological polar surface area (TPSA) is 58.6 Å². The summed E-state index contributed by atoms with van der Waals surface area (Å²) in [5.74, 6) is 0.194. The molecule has 0 spiro atoms. The van der Waals surface area contributed by atoms with Crippen LogP contribution in [-0.2, 0) is 14.3 Å². The molecule has 1 aromatic carbocycles. The van der Waals surface area contributed by atoms with E-state index in [0.717, 1.165) is 25.7 Å². The Balaban J connectivity index is 1.95. The Labute approximate surface area is 175 Å². The third kappa shape index (κ3) is 7.00. The lowest BCUT2D eigenvalue weighted by Gasteiger charge is -2.35. The number of hydrogen-bond acceptors (Lipinski definition) is 3. The predicted molar refractivity (Wildman–Crippen MR) is 117 cm³/mol. The molecule has 0 aliphatic carbocycles. The molecule has 1 fully saturated rings. The van der Waals surface area contributed by atoms with Gasteiger partial charge < -0.3 is 15.0 Å². The summed E-state index contributed by atoms with van der Waals surface area (Å²) in [7, 11) is 0. The molecule has 0 saturated carbocycles. The van der Waals surface area contributed by atoms with Crippen molar-refractivity contribution in [3.8, 4) is 0 Å². The number of piperidine rings is 1. The first kappa shape index (κ1) is 23.1. The summed E-state index contributed by atoms with van der Waals surface area (Å²) in [4.78, 5) is 27.5. The number of nitrogens with zero attached hydrogens (tertiary/aromatic N) is 1. The highest BCUT2D eigenvalue weighted by atomic mass is 16.5. The van der Waals surface area contributed by atoms with E-state index in [1.54, 1.807) is 0 Å². The highest BCUT2D eigenvalue weighted by Crippen LogP contribution is 2.28.